The zero-order valence-electron chi connectivity index (χ0n) is 22.5. The Morgan fingerprint density at radius 1 is 0.735 bits per heavy atom. The third kappa shape index (κ3) is 21.6. The number of aliphatic hydroxyl groups is 3. The van der Waals surface area contributed by atoms with Gasteiger partial charge in [-0.3, -0.25) is 4.79 Å². The van der Waals surface area contributed by atoms with Crippen LogP contribution in [-0.2, 0) is 4.79 Å². The van der Waals surface area contributed by atoms with Crippen molar-refractivity contribution >= 4 is 5.91 Å². The number of aliphatic hydroxyl groups excluding tert-OH is 3. The lowest BCUT2D eigenvalue weighted by Crippen LogP contribution is -2.45. The molecular formula is C29H57NO4. The fourth-order valence-corrected chi connectivity index (χ4v) is 4.24. The minimum atomic E-state index is -0.898. The molecule has 0 saturated carbocycles. The number of amides is 1. The lowest BCUT2D eigenvalue weighted by molar-refractivity contribution is -0.123. The minimum Gasteiger partial charge on any atom is -0.394 e. The van der Waals surface area contributed by atoms with E-state index in [2.05, 4.69) is 19.2 Å². The first-order chi connectivity index (χ1) is 16.5. The first kappa shape index (κ1) is 33.1. The van der Waals surface area contributed by atoms with Gasteiger partial charge in [0.15, 0.2) is 0 Å². The van der Waals surface area contributed by atoms with E-state index in [-0.39, 0.29) is 18.9 Å². The molecule has 34 heavy (non-hydrogen) atoms. The molecule has 1 amide bonds. The van der Waals surface area contributed by atoms with E-state index in [1.165, 1.54) is 83.5 Å². The monoisotopic (exact) mass is 483 g/mol. The Bertz CT molecular complexity index is 469. The van der Waals surface area contributed by atoms with Gasteiger partial charge in [0, 0.05) is 6.42 Å². The van der Waals surface area contributed by atoms with E-state index >= 15 is 0 Å². The zero-order valence-corrected chi connectivity index (χ0v) is 22.5. The minimum absolute atomic E-state index is 0.210. The van der Waals surface area contributed by atoms with Gasteiger partial charge in [-0.15, -0.1) is 0 Å². The predicted molar refractivity (Wildman–Crippen MR) is 144 cm³/mol. The molecule has 0 spiro atoms. The van der Waals surface area contributed by atoms with E-state index in [0.717, 1.165) is 32.1 Å². The molecule has 3 atom stereocenters. The van der Waals surface area contributed by atoms with Gasteiger partial charge in [-0.05, 0) is 25.7 Å². The van der Waals surface area contributed by atoms with Crippen LogP contribution in [0.3, 0.4) is 0 Å². The Labute approximate surface area is 210 Å². The summed E-state index contributed by atoms with van der Waals surface area (Å²) in [7, 11) is 0. The summed E-state index contributed by atoms with van der Waals surface area (Å²) < 4.78 is 0. The van der Waals surface area contributed by atoms with Gasteiger partial charge in [-0.2, -0.15) is 0 Å². The number of carbonyl (C=O) groups is 1. The molecule has 202 valence electrons. The van der Waals surface area contributed by atoms with Crippen molar-refractivity contribution in [2.24, 2.45) is 0 Å². The van der Waals surface area contributed by atoms with Crippen molar-refractivity contribution in [1.82, 2.24) is 5.32 Å². The highest BCUT2D eigenvalue weighted by Gasteiger charge is 2.18. The van der Waals surface area contributed by atoms with Gasteiger partial charge in [-0.25, -0.2) is 0 Å². The van der Waals surface area contributed by atoms with Crippen molar-refractivity contribution in [3.05, 3.63) is 12.2 Å². The number of hydrogen-bond acceptors (Lipinski definition) is 4. The SMILES string of the molecule is CCCCCCCCCCCCC/C=C/C(O)C(CO)NC(=O)CCC(O)CCCCCCC. The van der Waals surface area contributed by atoms with Crippen molar-refractivity contribution < 1.29 is 20.1 Å². The third-order valence-corrected chi connectivity index (χ3v) is 6.61. The third-order valence-electron chi connectivity index (χ3n) is 6.61. The van der Waals surface area contributed by atoms with Crippen LogP contribution in [0.15, 0.2) is 12.2 Å². The molecule has 3 unspecified atom stereocenters. The highest BCUT2D eigenvalue weighted by Crippen LogP contribution is 2.13. The van der Waals surface area contributed by atoms with Crippen LogP contribution in [0.1, 0.15) is 142 Å². The standard InChI is InChI=1S/C29H57NO4/c1-3-5-7-9-10-11-12-13-14-15-16-18-20-22-28(33)27(25-31)30-29(34)24-23-26(32)21-19-17-8-6-4-2/h20,22,26-28,31-33H,3-19,21,23-25H2,1-2H3,(H,30,34)/b22-20+. The van der Waals surface area contributed by atoms with E-state index < -0.39 is 18.2 Å². The second-order valence-electron chi connectivity index (χ2n) is 9.99. The molecule has 4 N–H and O–H groups in total. The van der Waals surface area contributed by atoms with Crippen LogP contribution in [0.2, 0.25) is 0 Å². The number of allylic oxidation sites excluding steroid dienone is 1. The van der Waals surface area contributed by atoms with Crippen LogP contribution >= 0.6 is 0 Å². The van der Waals surface area contributed by atoms with Crippen molar-refractivity contribution in [3.63, 3.8) is 0 Å². The number of rotatable bonds is 25. The van der Waals surface area contributed by atoms with Gasteiger partial charge < -0.3 is 20.6 Å². The molecule has 0 fully saturated rings. The number of unbranched alkanes of at least 4 members (excludes halogenated alkanes) is 15. The Hall–Kier alpha value is -0.910. The van der Waals surface area contributed by atoms with Gasteiger partial charge in [0.2, 0.25) is 5.91 Å². The van der Waals surface area contributed by atoms with E-state index in [0.29, 0.717) is 6.42 Å². The predicted octanol–water partition coefficient (Wildman–Crippen LogP) is 6.58. The van der Waals surface area contributed by atoms with Crippen molar-refractivity contribution in [2.45, 2.75) is 161 Å². The number of nitrogens with one attached hydrogen (secondary N) is 1. The molecule has 0 aromatic heterocycles. The van der Waals surface area contributed by atoms with Crippen LogP contribution < -0.4 is 5.32 Å². The highest BCUT2D eigenvalue weighted by atomic mass is 16.3. The Balaban J connectivity index is 3.81. The molecule has 5 heteroatoms. The molecule has 0 heterocycles. The molecule has 0 saturated heterocycles. The fraction of sp³-hybridized carbons (Fsp3) is 0.897. The van der Waals surface area contributed by atoms with E-state index in [1.54, 1.807) is 6.08 Å². The van der Waals surface area contributed by atoms with Gasteiger partial charge in [0.1, 0.15) is 0 Å². The van der Waals surface area contributed by atoms with Crippen molar-refractivity contribution in [1.29, 1.82) is 0 Å². The maximum Gasteiger partial charge on any atom is 0.220 e. The molecular weight excluding hydrogens is 426 g/mol. The quantitative estimate of drug-likeness (QED) is 0.0871. The molecule has 0 aliphatic rings. The van der Waals surface area contributed by atoms with Gasteiger partial charge in [-0.1, -0.05) is 122 Å². The van der Waals surface area contributed by atoms with Crippen LogP contribution in [0.4, 0.5) is 0 Å². The summed E-state index contributed by atoms with van der Waals surface area (Å²) in [6, 6.07) is -0.702. The maximum atomic E-state index is 12.2. The summed E-state index contributed by atoms with van der Waals surface area (Å²) in [6.07, 6.45) is 24.7. The normalized spacial score (nSPS) is 14.4. The summed E-state index contributed by atoms with van der Waals surface area (Å²) in [5.74, 6) is -0.234. The zero-order chi connectivity index (χ0) is 25.3. The molecule has 0 bridgehead atoms. The smallest absolute Gasteiger partial charge is 0.220 e. The second kappa shape index (κ2) is 25.2. The fourth-order valence-electron chi connectivity index (χ4n) is 4.24. The molecule has 0 radical (unpaired) electrons. The Kier molecular flexibility index (Phi) is 24.5. The number of hydrogen-bond donors (Lipinski definition) is 4. The Morgan fingerprint density at radius 3 is 1.76 bits per heavy atom. The molecule has 0 rings (SSSR count). The number of carbonyl (C=O) groups excluding carboxylic acids is 1. The second-order valence-corrected chi connectivity index (χ2v) is 9.99. The lowest BCUT2D eigenvalue weighted by Gasteiger charge is -2.20. The molecule has 0 aliphatic carbocycles. The molecule has 5 nitrogen and oxygen atoms in total. The van der Waals surface area contributed by atoms with Crippen LogP contribution in [-0.4, -0.2) is 46.1 Å². The topological polar surface area (TPSA) is 89.8 Å². The molecule has 0 aromatic rings. The van der Waals surface area contributed by atoms with Crippen LogP contribution in [0.5, 0.6) is 0 Å². The lowest BCUT2D eigenvalue weighted by atomic mass is 10.0. The molecule has 0 aromatic carbocycles. The first-order valence-electron chi connectivity index (χ1n) is 14.5. The van der Waals surface area contributed by atoms with E-state index in [9.17, 15) is 20.1 Å². The van der Waals surface area contributed by atoms with E-state index in [1.807, 2.05) is 6.08 Å². The summed E-state index contributed by atoms with van der Waals surface area (Å²) in [6.45, 7) is 4.12. The Morgan fingerprint density at radius 2 is 1.24 bits per heavy atom. The summed E-state index contributed by atoms with van der Waals surface area (Å²) in [5.41, 5.74) is 0. The summed E-state index contributed by atoms with van der Waals surface area (Å²) in [4.78, 5) is 12.2. The van der Waals surface area contributed by atoms with Crippen molar-refractivity contribution in [3.8, 4) is 0 Å². The average Bonchev–Trinajstić information content (AvgIpc) is 2.83. The molecule has 0 aliphatic heterocycles. The van der Waals surface area contributed by atoms with E-state index in [4.69, 9.17) is 0 Å². The highest BCUT2D eigenvalue weighted by molar-refractivity contribution is 5.76. The largest absolute Gasteiger partial charge is 0.394 e. The average molecular weight is 484 g/mol. The van der Waals surface area contributed by atoms with Crippen LogP contribution in [0, 0.1) is 0 Å². The first-order valence-corrected chi connectivity index (χ1v) is 14.5. The van der Waals surface area contributed by atoms with Gasteiger partial charge >= 0.3 is 0 Å². The van der Waals surface area contributed by atoms with Crippen molar-refractivity contribution in [2.75, 3.05) is 6.61 Å². The van der Waals surface area contributed by atoms with Crippen LogP contribution in [0.25, 0.3) is 0 Å². The maximum absolute atomic E-state index is 12.2. The summed E-state index contributed by atoms with van der Waals surface area (Å²) >= 11 is 0. The summed E-state index contributed by atoms with van der Waals surface area (Å²) in [5, 5.41) is 32.6. The van der Waals surface area contributed by atoms with Gasteiger partial charge in [0.05, 0.1) is 24.9 Å². The van der Waals surface area contributed by atoms with Gasteiger partial charge in [0.25, 0.3) is 0 Å².